The number of halogens is 1. The van der Waals surface area contributed by atoms with E-state index in [1.54, 1.807) is 17.0 Å². The molecule has 18 heavy (non-hydrogen) atoms. The van der Waals surface area contributed by atoms with Gasteiger partial charge in [0.25, 0.3) is 0 Å². The van der Waals surface area contributed by atoms with Crippen LogP contribution in [-0.2, 0) is 4.79 Å². The van der Waals surface area contributed by atoms with Gasteiger partial charge < -0.3 is 10.2 Å². The minimum atomic E-state index is -0.310. The molecule has 1 aromatic rings. The highest BCUT2D eigenvalue weighted by Gasteiger charge is 2.25. The van der Waals surface area contributed by atoms with Crippen LogP contribution in [0.4, 0.5) is 10.1 Å². The fourth-order valence-corrected chi connectivity index (χ4v) is 2.36. The van der Waals surface area contributed by atoms with E-state index in [9.17, 15) is 9.18 Å². The van der Waals surface area contributed by atoms with Gasteiger partial charge in [-0.05, 0) is 44.5 Å². The predicted octanol–water partition coefficient (Wildman–Crippen LogP) is 2.32. The molecule has 0 spiro atoms. The number of amides is 1. The number of anilines is 1. The third-order valence-electron chi connectivity index (χ3n) is 3.31. The number of benzene rings is 1. The summed E-state index contributed by atoms with van der Waals surface area (Å²) in [7, 11) is 0. The molecule has 4 heteroatoms. The molecule has 1 atom stereocenters. The average molecular weight is 250 g/mol. The topological polar surface area (TPSA) is 32.3 Å². The Hall–Kier alpha value is -1.42. The molecule has 2 rings (SSSR count). The number of hydrogen-bond acceptors (Lipinski definition) is 2. The number of nitrogens with one attached hydrogen (secondary N) is 1. The summed E-state index contributed by atoms with van der Waals surface area (Å²) in [6, 6.07) is 6.08. The molecule has 98 valence electrons. The molecule has 1 saturated heterocycles. The van der Waals surface area contributed by atoms with Gasteiger partial charge >= 0.3 is 0 Å². The van der Waals surface area contributed by atoms with Crippen LogP contribution in [-0.4, -0.2) is 25.0 Å². The van der Waals surface area contributed by atoms with Crippen LogP contribution in [0.1, 0.15) is 26.2 Å². The molecular weight excluding hydrogens is 231 g/mol. The van der Waals surface area contributed by atoms with Crippen molar-refractivity contribution in [1.82, 2.24) is 5.32 Å². The minimum Gasteiger partial charge on any atom is -0.311 e. The van der Waals surface area contributed by atoms with E-state index in [-0.39, 0.29) is 17.8 Å². The van der Waals surface area contributed by atoms with Crippen LogP contribution in [0.3, 0.4) is 0 Å². The lowest BCUT2D eigenvalue weighted by Crippen LogP contribution is -2.48. The second-order valence-corrected chi connectivity index (χ2v) is 4.56. The number of likely N-dealkylation sites (N-methyl/N-ethyl adjacent to an activating group) is 1. The van der Waals surface area contributed by atoms with Crippen LogP contribution in [0.25, 0.3) is 0 Å². The highest BCUT2D eigenvalue weighted by molar-refractivity contribution is 5.97. The zero-order valence-corrected chi connectivity index (χ0v) is 10.7. The van der Waals surface area contributed by atoms with Crippen molar-refractivity contribution in [3.8, 4) is 0 Å². The van der Waals surface area contributed by atoms with E-state index in [1.807, 2.05) is 6.92 Å². The second-order valence-electron chi connectivity index (χ2n) is 4.56. The lowest BCUT2D eigenvalue weighted by molar-refractivity contribution is -0.121. The summed E-state index contributed by atoms with van der Waals surface area (Å²) >= 11 is 0. The summed E-state index contributed by atoms with van der Waals surface area (Å²) in [4.78, 5) is 14.0. The average Bonchev–Trinajstić information content (AvgIpc) is 2.40. The Labute approximate surface area is 107 Å². The largest absolute Gasteiger partial charge is 0.311 e. The first-order chi connectivity index (χ1) is 8.72. The SMILES string of the molecule is CCN(C(=O)[C@H]1CCCCN1)c1cccc(F)c1. The number of carbonyl (C=O) groups is 1. The molecule has 0 radical (unpaired) electrons. The molecule has 0 saturated carbocycles. The van der Waals surface area contributed by atoms with E-state index in [0.717, 1.165) is 25.8 Å². The Morgan fingerprint density at radius 1 is 1.50 bits per heavy atom. The molecular formula is C14H19FN2O. The van der Waals surface area contributed by atoms with E-state index in [4.69, 9.17) is 0 Å². The molecule has 3 nitrogen and oxygen atoms in total. The zero-order valence-electron chi connectivity index (χ0n) is 10.7. The summed E-state index contributed by atoms with van der Waals surface area (Å²) in [5.41, 5.74) is 0.634. The molecule has 1 N–H and O–H groups in total. The van der Waals surface area contributed by atoms with Crippen molar-refractivity contribution in [2.24, 2.45) is 0 Å². The van der Waals surface area contributed by atoms with Gasteiger partial charge in [-0.25, -0.2) is 4.39 Å². The molecule has 1 aliphatic heterocycles. The first kappa shape index (κ1) is 13.0. The van der Waals surface area contributed by atoms with Crippen LogP contribution in [0.15, 0.2) is 24.3 Å². The first-order valence-corrected chi connectivity index (χ1v) is 6.52. The van der Waals surface area contributed by atoms with E-state index in [0.29, 0.717) is 12.2 Å². The van der Waals surface area contributed by atoms with Crippen molar-refractivity contribution in [2.75, 3.05) is 18.0 Å². The fraction of sp³-hybridized carbons (Fsp3) is 0.500. The number of carbonyl (C=O) groups excluding carboxylic acids is 1. The van der Waals surface area contributed by atoms with Gasteiger partial charge in [-0.1, -0.05) is 12.5 Å². The van der Waals surface area contributed by atoms with Crippen LogP contribution < -0.4 is 10.2 Å². The third-order valence-corrected chi connectivity index (χ3v) is 3.31. The summed E-state index contributed by atoms with van der Waals surface area (Å²) < 4.78 is 13.2. The molecule has 1 heterocycles. The highest BCUT2D eigenvalue weighted by atomic mass is 19.1. The highest BCUT2D eigenvalue weighted by Crippen LogP contribution is 2.18. The smallest absolute Gasteiger partial charge is 0.244 e. The number of hydrogen-bond donors (Lipinski definition) is 1. The maximum absolute atomic E-state index is 13.2. The summed E-state index contributed by atoms with van der Waals surface area (Å²) in [6.45, 7) is 3.35. The van der Waals surface area contributed by atoms with Gasteiger partial charge in [-0.2, -0.15) is 0 Å². The third kappa shape index (κ3) is 2.88. The molecule has 0 bridgehead atoms. The monoisotopic (exact) mass is 250 g/mol. The Bertz CT molecular complexity index is 416. The molecule has 1 amide bonds. The van der Waals surface area contributed by atoms with Crippen LogP contribution in [0.2, 0.25) is 0 Å². The molecule has 0 aromatic heterocycles. The van der Waals surface area contributed by atoms with Gasteiger partial charge in [-0.15, -0.1) is 0 Å². The maximum Gasteiger partial charge on any atom is 0.244 e. The van der Waals surface area contributed by atoms with Crippen molar-refractivity contribution in [1.29, 1.82) is 0 Å². The summed E-state index contributed by atoms with van der Waals surface area (Å²) in [6.07, 6.45) is 3.06. The van der Waals surface area contributed by atoms with Crippen molar-refractivity contribution in [2.45, 2.75) is 32.2 Å². The number of piperidine rings is 1. The van der Waals surface area contributed by atoms with Gasteiger partial charge in [0.1, 0.15) is 5.82 Å². The number of nitrogens with zero attached hydrogens (tertiary/aromatic N) is 1. The maximum atomic E-state index is 13.2. The minimum absolute atomic E-state index is 0.0443. The summed E-state index contributed by atoms with van der Waals surface area (Å²) in [5.74, 6) is -0.266. The Balaban J connectivity index is 2.14. The Kier molecular flexibility index (Phi) is 4.31. The van der Waals surface area contributed by atoms with E-state index < -0.39 is 0 Å². The van der Waals surface area contributed by atoms with Crippen LogP contribution >= 0.6 is 0 Å². The molecule has 1 aliphatic rings. The summed E-state index contributed by atoms with van der Waals surface area (Å²) in [5, 5.41) is 3.23. The van der Waals surface area contributed by atoms with Gasteiger partial charge in [0.2, 0.25) is 5.91 Å². The normalized spacial score (nSPS) is 19.6. The number of rotatable bonds is 3. The lowest BCUT2D eigenvalue weighted by Gasteiger charge is -2.29. The quantitative estimate of drug-likeness (QED) is 0.893. The molecule has 0 unspecified atom stereocenters. The Morgan fingerprint density at radius 2 is 2.33 bits per heavy atom. The van der Waals surface area contributed by atoms with E-state index in [2.05, 4.69) is 5.32 Å². The van der Waals surface area contributed by atoms with Gasteiger partial charge in [-0.3, -0.25) is 4.79 Å². The molecule has 1 aromatic carbocycles. The standard InChI is InChI=1S/C14H19FN2O/c1-2-17(12-7-5-6-11(15)10-12)14(18)13-8-3-4-9-16-13/h5-7,10,13,16H,2-4,8-9H2,1H3/t13-/m1/s1. The predicted molar refractivity (Wildman–Crippen MR) is 70.1 cm³/mol. The van der Waals surface area contributed by atoms with Gasteiger partial charge in [0, 0.05) is 12.2 Å². The fourth-order valence-electron chi connectivity index (χ4n) is 2.36. The van der Waals surface area contributed by atoms with E-state index in [1.165, 1.54) is 12.1 Å². The first-order valence-electron chi connectivity index (χ1n) is 6.52. The second kappa shape index (κ2) is 5.96. The van der Waals surface area contributed by atoms with Crippen molar-refractivity contribution in [3.63, 3.8) is 0 Å². The van der Waals surface area contributed by atoms with Gasteiger partial charge in [0.15, 0.2) is 0 Å². The molecule has 1 fully saturated rings. The Morgan fingerprint density at radius 3 is 2.94 bits per heavy atom. The van der Waals surface area contributed by atoms with Crippen molar-refractivity contribution in [3.05, 3.63) is 30.1 Å². The zero-order chi connectivity index (χ0) is 13.0. The van der Waals surface area contributed by atoms with Gasteiger partial charge in [0.05, 0.1) is 6.04 Å². The lowest BCUT2D eigenvalue weighted by atomic mass is 10.0. The van der Waals surface area contributed by atoms with E-state index >= 15 is 0 Å². The van der Waals surface area contributed by atoms with Crippen LogP contribution in [0, 0.1) is 5.82 Å². The molecule has 0 aliphatic carbocycles. The van der Waals surface area contributed by atoms with Crippen LogP contribution in [0.5, 0.6) is 0 Å². The van der Waals surface area contributed by atoms with Crippen molar-refractivity contribution >= 4 is 11.6 Å². The van der Waals surface area contributed by atoms with Crippen molar-refractivity contribution < 1.29 is 9.18 Å².